The van der Waals surface area contributed by atoms with Crippen molar-refractivity contribution in [3.63, 3.8) is 0 Å². The summed E-state index contributed by atoms with van der Waals surface area (Å²) in [6.07, 6.45) is 5.62. The Balaban J connectivity index is 2.13. The third-order valence-corrected chi connectivity index (χ3v) is 3.97. The predicted molar refractivity (Wildman–Crippen MR) is 62.4 cm³/mol. The monoisotopic (exact) mass is 240 g/mol. The first-order chi connectivity index (χ1) is 8.04. The van der Waals surface area contributed by atoms with E-state index in [2.05, 4.69) is 0 Å². The summed E-state index contributed by atoms with van der Waals surface area (Å²) in [5.41, 5.74) is 5.31. The van der Waals surface area contributed by atoms with E-state index in [1.165, 1.54) is 4.90 Å². The molecule has 0 aromatic heterocycles. The number of aliphatic carboxylic acids is 1. The van der Waals surface area contributed by atoms with Crippen LogP contribution in [0.15, 0.2) is 0 Å². The molecule has 1 aliphatic heterocycles. The Kier molecular flexibility index (Phi) is 3.38. The van der Waals surface area contributed by atoms with Crippen molar-refractivity contribution < 1.29 is 14.7 Å². The topological polar surface area (TPSA) is 83.6 Å². The van der Waals surface area contributed by atoms with Crippen LogP contribution in [-0.2, 0) is 9.59 Å². The Morgan fingerprint density at radius 1 is 1.18 bits per heavy atom. The van der Waals surface area contributed by atoms with E-state index in [1.807, 2.05) is 0 Å². The first-order valence-electron chi connectivity index (χ1n) is 6.37. The molecule has 1 saturated carbocycles. The lowest BCUT2D eigenvalue weighted by atomic mass is 9.93. The first-order valence-corrected chi connectivity index (χ1v) is 6.37. The quantitative estimate of drug-likeness (QED) is 0.745. The lowest BCUT2D eigenvalue weighted by molar-refractivity contribution is -0.154. The molecule has 17 heavy (non-hydrogen) atoms. The van der Waals surface area contributed by atoms with Gasteiger partial charge in [-0.2, -0.15) is 0 Å². The van der Waals surface area contributed by atoms with Gasteiger partial charge in [0.2, 0.25) is 5.91 Å². The van der Waals surface area contributed by atoms with Crippen LogP contribution in [0.4, 0.5) is 0 Å². The zero-order chi connectivity index (χ0) is 12.5. The van der Waals surface area contributed by atoms with Crippen molar-refractivity contribution in [1.29, 1.82) is 0 Å². The van der Waals surface area contributed by atoms with Crippen molar-refractivity contribution >= 4 is 11.9 Å². The minimum absolute atomic E-state index is 0.151. The number of carboxylic acid groups (broad SMARTS) is 1. The number of nitrogens with zero attached hydrogens (tertiary/aromatic N) is 1. The molecular formula is C12H20N2O3. The van der Waals surface area contributed by atoms with Crippen LogP contribution in [-0.4, -0.2) is 40.0 Å². The van der Waals surface area contributed by atoms with Gasteiger partial charge in [0.25, 0.3) is 0 Å². The Hall–Kier alpha value is -1.10. The Morgan fingerprint density at radius 3 is 2.41 bits per heavy atom. The van der Waals surface area contributed by atoms with E-state index in [1.54, 1.807) is 0 Å². The second kappa shape index (κ2) is 4.64. The zero-order valence-corrected chi connectivity index (χ0v) is 10.0. The average Bonchev–Trinajstić information content (AvgIpc) is 2.76. The SMILES string of the molecule is NC1(C(=O)N2CCCC[C@@H]2C(=O)O)CCCC1. The fraction of sp³-hybridized carbons (Fsp3) is 0.833. The molecule has 5 heteroatoms. The number of carboxylic acids is 1. The molecule has 0 aromatic rings. The second-order valence-corrected chi connectivity index (χ2v) is 5.21. The molecule has 3 N–H and O–H groups in total. The number of nitrogens with two attached hydrogens (primary N) is 1. The van der Waals surface area contributed by atoms with Gasteiger partial charge in [0.05, 0.1) is 5.54 Å². The average molecular weight is 240 g/mol. The lowest BCUT2D eigenvalue weighted by Gasteiger charge is -2.38. The van der Waals surface area contributed by atoms with Crippen molar-refractivity contribution in [2.75, 3.05) is 6.54 Å². The van der Waals surface area contributed by atoms with Crippen LogP contribution < -0.4 is 5.73 Å². The maximum atomic E-state index is 12.4. The van der Waals surface area contributed by atoms with E-state index < -0.39 is 17.6 Å². The molecule has 0 bridgehead atoms. The highest BCUT2D eigenvalue weighted by molar-refractivity contribution is 5.90. The molecule has 1 heterocycles. The fourth-order valence-corrected chi connectivity index (χ4v) is 2.94. The van der Waals surface area contributed by atoms with Gasteiger partial charge in [-0.15, -0.1) is 0 Å². The predicted octanol–water partition coefficient (Wildman–Crippen LogP) is 0.724. The van der Waals surface area contributed by atoms with Crippen LogP contribution in [0.5, 0.6) is 0 Å². The summed E-state index contributed by atoms with van der Waals surface area (Å²) < 4.78 is 0. The number of hydrogen-bond acceptors (Lipinski definition) is 3. The molecule has 0 radical (unpaired) electrons. The molecule has 96 valence electrons. The molecule has 2 aliphatic rings. The third-order valence-electron chi connectivity index (χ3n) is 3.97. The van der Waals surface area contributed by atoms with Gasteiger partial charge >= 0.3 is 5.97 Å². The molecule has 5 nitrogen and oxygen atoms in total. The molecule has 0 unspecified atom stereocenters. The summed E-state index contributed by atoms with van der Waals surface area (Å²) in [5.74, 6) is -1.05. The van der Waals surface area contributed by atoms with Crippen molar-refractivity contribution in [3.05, 3.63) is 0 Å². The molecule has 1 saturated heterocycles. The number of likely N-dealkylation sites (tertiary alicyclic amines) is 1. The molecular weight excluding hydrogens is 220 g/mol. The number of carbonyl (C=O) groups is 2. The van der Waals surface area contributed by atoms with Gasteiger partial charge in [0.15, 0.2) is 0 Å². The smallest absolute Gasteiger partial charge is 0.326 e. The molecule has 2 rings (SSSR count). The number of hydrogen-bond donors (Lipinski definition) is 2. The van der Waals surface area contributed by atoms with Crippen molar-refractivity contribution in [2.45, 2.75) is 56.5 Å². The van der Waals surface area contributed by atoms with Crippen molar-refractivity contribution in [3.8, 4) is 0 Å². The van der Waals surface area contributed by atoms with Crippen LogP contribution in [0.2, 0.25) is 0 Å². The summed E-state index contributed by atoms with van der Waals surface area (Å²) in [5, 5.41) is 9.15. The number of carbonyl (C=O) groups excluding carboxylic acids is 1. The molecule has 1 aliphatic carbocycles. The highest BCUT2D eigenvalue weighted by atomic mass is 16.4. The molecule has 0 aromatic carbocycles. The molecule has 2 fully saturated rings. The second-order valence-electron chi connectivity index (χ2n) is 5.21. The van der Waals surface area contributed by atoms with Gasteiger partial charge in [-0.05, 0) is 32.1 Å². The van der Waals surface area contributed by atoms with E-state index in [0.29, 0.717) is 25.8 Å². The molecule has 1 atom stereocenters. The van der Waals surface area contributed by atoms with Crippen LogP contribution in [0.25, 0.3) is 0 Å². The zero-order valence-electron chi connectivity index (χ0n) is 10.0. The summed E-state index contributed by atoms with van der Waals surface area (Å²) in [6.45, 7) is 0.536. The summed E-state index contributed by atoms with van der Waals surface area (Å²) in [4.78, 5) is 25.0. The van der Waals surface area contributed by atoms with Crippen molar-refractivity contribution in [2.24, 2.45) is 5.73 Å². The van der Waals surface area contributed by atoms with E-state index in [4.69, 9.17) is 10.8 Å². The van der Waals surface area contributed by atoms with Gasteiger partial charge in [-0.1, -0.05) is 12.8 Å². The normalized spacial score (nSPS) is 28.1. The van der Waals surface area contributed by atoms with E-state index in [0.717, 1.165) is 25.7 Å². The number of rotatable bonds is 2. The Morgan fingerprint density at radius 2 is 1.82 bits per heavy atom. The maximum absolute atomic E-state index is 12.4. The van der Waals surface area contributed by atoms with Gasteiger partial charge in [-0.25, -0.2) is 4.79 Å². The molecule has 0 spiro atoms. The van der Waals surface area contributed by atoms with Crippen molar-refractivity contribution in [1.82, 2.24) is 4.90 Å². The molecule has 1 amide bonds. The van der Waals surface area contributed by atoms with Crippen LogP contribution >= 0.6 is 0 Å². The van der Waals surface area contributed by atoms with Crippen LogP contribution in [0.1, 0.15) is 44.9 Å². The maximum Gasteiger partial charge on any atom is 0.326 e. The Labute approximate surface area is 101 Å². The first kappa shape index (κ1) is 12.4. The minimum atomic E-state index is -0.903. The highest BCUT2D eigenvalue weighted by Crippen LogP contribution is 2.31. The van der Waals surface area contributed by atoms with Crippen LogP contribution in [0, 0.1) is 0 Å². The summed E-state index contributed by atoms with van der Waals surface area (Å²) in [6, 6.07) is -0.669. The standard InChI is InChI=1S/C12H20N2O3/c13-12(6-2-3-7-12)11(17)14-8-4-1-5-9(14)10(15)16/h9H,1-8,13H2,(H,15,16)/t9-/m1/s1. The highest BCUT2D eigenvalue weighted by Gasteiger charge is 2.43. The minimum Gasteiger partial charge on any atom is -0.480 e. The number of amides is 1. The largest absolute Gasteiger partial charge is 0.480 e. The third kappa shape index (κ3) is 2.29. The Bertz CT molecular complexity index is 324. The lowest BCUT2D eigenvalue weighted by Crippen LogP contribution is -2.59. The van der Waals surface area contributed by atoms with Gasteiger partial charge in [-0.3, -0.25) is 4.79 Å². The van der Waals surface area contributed by atoms with E-state index in [-0.39, 0.29) is 5.91 Å². The van der Waals surface area contributed by atoms with E-state index in [9.17, 15) is 9.59 Å². The van der Waals surface area contributed by atoms with Crippen LogP contribution in [0.3, 0.4) is 0 Å². The van der Waals surface area contributed by atoms with E-state index >= 15 is 0 Å². The summed E-state index contributed by atoms with van der Waals surface area (Å²) >= 11 is 0. The summed E-state index contributed by atoms with van der Waals surface area (Å²) in [7, 11) is 0. The van der Waals surface area contributed by atoms with Gasteiger partial charge in [0.1, 0.15) is 6.04 Å². The van der Waals surface area contributed by atoms with Gasteiger partial charge in [0, 0.05) is 6.54 Å². The van der Waals surface area contributed by atoms with Gasteiger partial charge < -0.3 is 15.7 Å². The number of piperidine rings is 1. The fourth-order valence-electron chi connectivity index (χ4n) is 2.94.